The molecule has 2 aromatic carbocycles. The van der Waals surface area contributed by atoms with Crippen molar-refractivity contribution in [3.05, 3.63) is 60.5 Å². The molecular weight excluding hydrogens is 293 g/mol. The van der Waals surface area contributed by atoms with E-state index in [1.807, 2.05) is 24.3 Å². The summed E-state index contributed by atoms with van der Waals surface area (Å²) in [6, 6.07) is 13.7. The van der Waals surface area contributed by atoms with Crippen LogP contribution in [0.3, 0.4) is 0 Å². The number of rotatable bonds is 2. The topological polar surface area (TPSA) is 80.5 Å². The maximum absolute atomic E-state index is 13.1. The average Bonchev–Trinajstić information content (AvgIpc) is 3.00. The zero-order valence-electron chi connectivity index (χ0n) is 12.0. The first kappa shape index (κ1) is 13.4. The van der Waals surface area contributed by atoms with Gasteiger partial charge in [-0.1, -0.05) is 12.1 Å². The highest BCUT2D eigenvalue weighted by Gasteiger charge is 2.13. The molecule has 0 aliphatic heterocycles. The molecule has 3 N–H and O–H groups in total. The number of H-pyrrole nitrogens is 1. The quantitative estimate of drug-likeness (QED) is 0.594. The van der Waals surface area contributed by atoms with Crippen LogP contribution in [-0.2, 0) is 0 Å². The van der Waals surface area contributed by atoms with Gasteiger partial charge in [-0.3, -0.25) is 0 Å². The van der Waals surface area contributed by atoms with Gasteiger partial charge in [-0.2, -0.15) is 0 Å². The Balaban J connectivity index is 1.84. The Morgan fingerprint density at radius 1 is 0.957 bits per heavy atom. The molecule has 0 atom stereocenters. The van der Waals surface area contributed by atoms with Crippen LogP contribution < -0.4 is 5.73 Å². The first-order chi connectivity index (χ1) is 11.2. The fraction of sp³-hybridized carbons (Fsp3) is 0. The second-order valence-electron chi connectivity index (χ2n) is 5.10. The first-order valence-corrected chi connectivity index (χ1v) is 7.04. The van der Waals surface area contributed by atoms with Gasteiger partial charge in [-0.05, 0) is 36.4 Å². The fourth-order valence-corrected chi connectivity index (χ4v) is 2.40. The summed E-state index contributed by atoms with van der Waals surface area (Å²) in [7, 11) is 0. The summed E-state index contributed by atoms with van der Waals surface area (Å²) < 4.78 is 13.1. The van der Waals surface area contributed by atoms with Crippen LogP contribution in [0.15, 0.2) is 54.7 Å². The van der Waals surface area contributed by atoms with Crippen LogP contribution in [0.1, 0.15) is 0 Å². The van der Waals surface area contributed by atoms with Crippen LogP contribution in [0.5, 0.6) is 0 Å². The predicted molar refractivity (Wildman–Crippen MR) is 86.9 cm³/mol. The van der Waals surface area contributed by atoms with E-state index in [2.05, 4.69) is 19.9 Å². The number of nitrogens with zero attached hydrogens (tertiary/aromatic N) is 3. The number of nitrogens with two attached hydrogens (primary N) is 1. The van der Waals surface area contributed by atoms with E-state index in [1.165, 1.54) is 12.1 Å². The molecule has 0 spiro atoms. The number of nitrogen functional groups attached to an aromatic ring is 1. The Hall–Kier alpha value is -3.28. The molecule has 0 amide bonds. The number of benzene rings is 2. The molecule has 23 heavy (non-hydrogen) atoms. The zero-order valence-corrected chi connectivity index (χ0v) is 12.0. The van der Waals surface area contributed by atoms with E-state index in [1.54, 1.807) is 18.3 Å². The molecular formula is C17H12FN5. The normalized spacial score (nSPS) is 11.0. The van der Waals surface area contributed by atoms with Gasteiger partial charge in [0.1, 0.15) is 11.5 Å². The predicted octanol–water partition coefficient (Wildman–Crippen LogP) is 3.41. The monoisotopic (exact) mass is 305 g/mol. The first-order valence-electron chi connectivity index (χ1n) is 7.04. The van der Waals surface area contributed by atoms with E-state index in [4.69, 9.17) is 5.73 Å². The molecule has 0 saturated heterocycles. The van der Waals surface area contributed by atoms with Crippen LogP contribution in [0.4, 0.5) is 10.2 Å². The summed E-state index contributed by atoms with van der Waals surface area (Å²) in [5.41, 5.74) is 9.52. The molecule has 4 aromatic rings. The number of hydrogen-bond acceptors (Lipinski definition) is 4. The number of aromatic amines is 1. The van der Waals surface area contributed by atoms with E-state index >= 15 is 0 Å². The highest BCUT2D eigenvalue weighted by Crippen LogP contribution is 2.25. The summed E-state index contributed by atoms with van der Waals surface area (Å²) in [5.74, 6) is 0.546. The fourth-order valence-electron chi connectivity index (χ4n) is 2.40. The maximum atomic E-state index is 13.1. The lowest BCUT2D eigenvalue weighted by molar-refractivity contribution is 0.628. The Bertz CT molecular complexity index is 958. The van der Waals surface area contributed by atoms with Crippen molar-refractivity contribution in [3.63, 3.8) is 0 Å². The van der Waals surface area contributed by atoms with E-state index in [0.29, 0.717) is 17.2 Å². The van der Waals surface area contributed by atoms with Gasteiger partial charge in [0.25, 0.3) is 0 Å². The summed E-state index contributed by atoms with van der Waals surface area (Å²) in [4.78, 5) is 16.4. The third-order valence-electron chi connectivity index (χ3n) is 3.55. The van der Waals surface area contributed by atoms with Crippen molar-refractivity contribution >= 4 is 16.9 Å². The number of imidazole rings is 1. The van der Waals surface area contributed by atoms with Gasteiger partial charge in [0, 0.05) is 5.56 Å². The zero-order chi connectivity index (χ0) is 15.8. The smallest absolute Gasteiger partial charge is 0.161 e. The molecule has 4 rings (SSSR count). The number of nitrogens with one attached hydrogen (secondary N) is 1. The summed E-state index contributed by atoms with van der Waals surface area (Å²) >= 11 is 0. The largest absolute Gasteiger partial charge is 0.382 e. The van der Waals surface area contributed by atoms with Gasteiger partial charge in [-0.15, -0.1) is 0 Å². The lowest BCUT2D eigenvalue weighted by Crippen LogP contribution is -1.99. The summed E-state index contributed by atoms with van der Waals surface area (Å²) in [5, 5.41) is 0. The van der Waals surface area contributed by atoms with Gasteiger partial charge >= 0.3 is 0 Å². The minimum absolute atomic E-state index is 0.287. The molecule has 0 aliphatic rings. The molecule has 0 fully saturated rings. The molecule has 2 heterocycles. The van der Waals surface area contributed by atoms with Crippen LogP contribution in [0.2, 0.25) is 0 Å². The standard InChI is InChI=1S/C17H12FN5/c18-11-7-5-10(6-8-11)14-9-20-16(19)15(21-14)17-22-12-3-1-2-4-13(12)23-17/h1-9H,(H2,19,20)(H,22,23). The van der Waals surface area contributed by atoms with Gasteiger partial charge in [0.05, 0.1) is 22.9 Å². The van der Waals surface area contributed by atoms with E-state index in [9.17, 15) is 4.39 Å². The van der Waals surface area contributed by atoms with Crippen molar-refractivity contribution in [2.45, 2.75) is 0 Å². The van der Waals surface area contributed by atoms with Crippen molar-refractivity contribution in [1.82, 2.24) is 19.9 Å². The molecule has 0 radical (unpaired) electrons. The Kier molecular flexibility index (Phi) is 3.01. The lowest BCUT2D eigenvalue weighted by Gasteiger charge is -2.05. The molecule has 0 saturated carbocycles. The number of aromatic nitrogens is 4. The van der Waals surface area contributed by atoms with Crippen LogP contribution in [0.25, 0.3) is 33.8 Å². The summed E-state index contributed by atoms with van der Waals surface area (Å²) in [6.45, 7) is 0. The van der Waals surface area contributed by atoms with E-state index in [-0.39, 0.29) is 11.6 Å². The lowest BCUT2D eigenvalue weighted by atomic mass is 10.1. The van der Waals surface area contributed by atoms with Crippen LogP contribution in [0, 0.1) is 5.82 Å². The maximum Gasteiger partial charge on any atom is 0.161 e. The second kappa shape index (κ2) is 5.17. The van der Waals surface area contributed by atoms with Crippen molar-refractivity contribution in [3.8, 4) is 22.8 Å². The van der Waals surface area contributed by atoms with E-state index < -0.39 is 0 Å². The highest BCUT2D eigenvalue weighted by atomic mass is 19.1. The second-order valence-corrected chi connectivity index (χ2v) is 5.10. The van der Waals surface area contributed by atoms with Gasteiger partial charge in [0.15, 0.2) is 11.6 Å². The third kappa shape index (κ3) is 2.40. The summed E-state index contributed by atoms with van der Waals surface area (Å²) in [6.07, 6.45) is 1.56. The number of fused-ring (bicyclic) bond motifs is 1. The number of anilines is 1. The van der Waals surface area contributed by atoms with Crippen molar-refractivity contribution in [1.29, 1.82) is 0 Å². The molecule has 112 valence electrons. The molecule has 0 aliphatic carbocycles. The minimum Gasteiger partial charge on any atom is -0.382 e. The van der Waals surface area contributed by atoms with Crippen LogP contribution in [-0.4, -0.2) is 19.9 Å². The third-order valence-corrected chi connectivity index (χ3v) is 3.55. The van der Waals surface area contributed by atoms with Crippen LogP contribution >= 0.6 is 0 Å². The van der Waals surface area contributed by atoms with Gasteiger partial charge in [0.2, 0.25) is 0 Å². The molecule has 6 heteroatoms. The Labute approximate surface area is 131 Å². The molecule has 2 aromatic heterocycles. The minimum atomic E-state index is -0.297. The molecule has 5 nitrogen and oxygen atoms in total. The van der Waals surface area contributed by atoms with Crippen molar-refractivity contribution < 1.29 is 4.39 Å². The molecule has 0 unspecified atom stereocenters. The number of halogens is 1. The van der Waals surface area contributed by atoms with Gasteiger partial charge in [-0.25, -0.2) is 19.3 Å². The highest BCUT2D eigenvalue weighted by molar-refractivity contribution is 5.80. The van der Waals surface area contributed by atoms with E-state index in [0.717, 1.165) is 16.6 Å². The molecule has 0 bridgehead atoms. The van der Waals surface area contributed by atoms with Gasteiger partial charge < -0.3 is 10.7 Å². The number of para-hydroxylation sites is 2. The number of hydrogen-bond donors (Lipinski definition) is 2. The average molecular weight is 305 g/mol. The Morgan fingerprint density at radius 2 is 1.74 bits per heavy atom. The van der Waals surface area contributed by atoms with Crippen molar-refractivity contribution in [2.75, 3.05) is 5.73 Å². The van der Waals surface area contributed by atoms with Crippen molar-refractivity contribution in [2.24, 2.45) is 0 Å². The Morgan fingerprint density at radius 3 is 2.52 bits per heavy atom. The SMILES string of the molecule is Nc1ncc(-c2ccc(F)cc2)nc1-c1nc2ccccc2[nH]1.